The molecule has 1 saturated heterocycles. The minimum Gasteiger partial charge on any atom is -0.496 e. The van der Waals surface area contributed by atoms with Gasteiger partial charge in [-0.3, -0.25) is 9.88 Å². The molecule has 2 atom stereocenters. The predicted molar refractivity (Wildman–Crippen MR) is 96.4 cm³/mol. The third kappa shape index (κ3) is 4.72. The monoisotopic (exact) mass is 349 g/mol. The molecule has 0 radical (unpaired) electrons. The maximum atomic E-state index is 5.94. The molecule has 2 heterocycles. The molecule has 2 rings (SSSR count). The van der Waals surface area contributed by atoms with E-state index in [1.165, 1.54) is 12.8 Å². The number of methoxy groups -OCH3 is 1. The molecule has 0 aliphatic carbocycles. The van der Waals surface area contributed by atoms with E-state index in [1.807, 2.05) is 13.1 Å². The van der Waals surface area contributed by atoms with E-state index in [0.29, 0.717) is 6.04 Å². The first kappa shape index (κ1) is 21.4. The van der Waals surface area contributed by atoms with Gasteiger partial charge in [0.15, 0.2) is 0 Å². The zero-order valence-corrected chi connectivity index (χ0v) is 15.6. The Labute approximate surface area is 146 Å². The van der Waals surface area contributed by atoms with Crippen LogP contribution in [-0.4, -0.2) is 36.1 Å². The molecule has 1 aromatic heterocycles. The van der Waals surface area contributed by atoms with Crippen molar-refractivity contribution < 1.29 is 4.74 Å². The molecule has 1 aromatic rings. The maximum Gasteiger partial charge on any atom is 0.128 e. The number of nitrogens with two attached hydrogens (primary N) is 1. The van der Waals surface area contributed by atoms with E-state index in [-0.39, 0.29) is 24.8 Å². The van der Waals surface area contributed by atoms with E-state index in [0.717, 1.165) is 48.1 Å². The van der Waals surface area contributed by atoms with Gasteiger partial charge in [0.1, 0.15) is 5.75 Å². The third-order valence-corrected chi connectivity index (χ3v) is 4.47. The summed E-state index contributed by atoms with van der Waals surface area (Å²) in [5.74, 6) is 1.74. The summed E-state index contributed by atoms with van der Waals surface area (Å²) in [5, 5.41) is 0. The van der Waals surface area contributed by atoms with Crippen molar-refractivity contribution in [3.05, 3.63) is 23.0 Å². The second kappa shape index (κ2) is 9.56. The van der Waals surface area contributed by atoms with Gasteiger partial charge in [0.05, 0.1) is 12.8 Å². The van der Waals surface area contributed by atoms with Crippen molar-refractivity contribution in [3.63, 3.8) is 0 Å². The summed E-state index contributed by atoms with van der Waals surface area (Å²) in [6.07, 6.45) is 4.35. The Hall–Kier alpha value is -0.550. The van der Waals surface area contributed by atoms with Crippen molar-refractivity contribution >= 4 is 24.8 Å². The highest BCUT2D eigenvalue weighted by Crippen LogP contribution is 2.28. The highest BCUT2D eigenvalue weighted by Gasteiger charge is 2.26. The summed E-state index contributed by atoms with van der Waals surface area (Å²) >= 11 is 0. The second-order valence-electron chi connectivity index (χ2n) is 6.04. The summed E-state index contributed by atoms with van der Waals surface area (Å²) in [7, 11) is 1.73. The van der Waals surface area contributed by atoms with Gasteiger partial charge in [-0.15, -0.1) is 24.8 Å². The average Bonchev–Trinajstić information content (AvgIpc) is 2.44. The summed E-state index contributed by atoms with van der Waals surface area (Å²) in [4.78, 5) is 7.08. The second-order valence-corrected chi connectivity index (χ2v) is 6.04. The number of likely N-dealkylation sites (tertiary alicyclic amines) is 1. The Morgan fingerprint density at radius 2 is 2.05 bits per heavy atom. The van der Waals surface area contributed by atoms with Gasteiger partial charge in [0.2, 0.25) is 0 Å². The summed E-state index contributed by atoms with van der Waals surface area (Å²) < 4.78 is 5.49. The summed E-state index contributed by atoms with van der Waals surface area (Å²) in [6.45, 7) is 9.16. The van der Waals surface area contributed by atoms with Gasteiger partial charge < -0.3 is 10.5 Å². The number of rotatable bonds is 4. The van der Waals surface area contributed by atoms with Crippen molar-refractivity contribution in [3.8, 4) is 5.75 Å². The first-order valence-electron chi connectivity index (χ1n) is 7.50. The highest BCUT2D eigenvalue weighted by molar-refractivity contribution is 5.85. The zero-order valence-electron chi connectivity index (χ0n) is 14.0. The number of ether oxygens (including phenoxy) is 1. The van der Waals surface area contributed by atoms with Crippen LogP contribution in [0.2, 0.25) is 0 Å². The van der Waals surface area contributed by atoms with Gasteiger partial charge in [-0.25, -0.2) is 0 Å². The van der Waals surface area contributed by atoms with Gasteiger partial charge in [0, 0.05) is 36.5 Å². The fraction of sp³-hybridized carbons (Fsp3) is 0.688. The summed E-state index contributed by atoms with van der Waals surface area (Å²) in [5.41, 5.74) is 9.30. The highest BCUT2D eigenvalue weighted by atomic mass is 35.5. The number of aromatic nitrogens is 1. The minimum atomic E-state index is 0. The quantitative estimate of drug-likeness (QED) is 0.907. The van der Waals surface area contributed by atoms with Crippen molar-refractivity contribution in [2.24, 2.45) is 11.7 Å². The van der Waals surface area contributed by atoms with E-state index < -0.39 is 0 Å². The molecule has 1 aliphatic heterocycles. The smallest absolute Gasteiger partial charge is 0.128 e. The Morgan fingerprint density at radius 3 is 2.64 bits per heavy atom. The number of pyridine rings is 1. The molecular formula is C16H29Cl2N3O. The standard InChI is InChI=1S/C16H27N3O.2ClH/c1-11-5-6-19(14(7-11)8-17)10-15-13(3)16(20-4)12(2)9-18-15;;/h9,11,14H,5-8,10,17H2,1-4H3;2*1H. The van der Waals surface area contributed by atoms with Crippen LogP contribution >= 0.6 is 24.8 Å². The van der Waals surface area contributed by atoms with Crippen LogP contribution < -0.4 is 10.5 Å². The molecule has 2 unspecified atom stereocenters. The maximum absolute atomic E-state index is 5.94. The van der Waals surface area contributed by atoms with Crippen LogP contribution in [0, 0.1) is 19.8 Å². The fourth-order valence-electron chi connectivity index (χ4n) is 3.18. The lowest BCUT2D eigenvalue weighted by Gasteiger charge is -2.38. The predicted octanol–water partition coefficient (Wildman–Crippen LogP) is 3.11. The van der Waals surface area contributed by atoms with Crippen molar-refractivity contribution in [1.29, 1.82) is 0 Å². The third-order valence-electron chi connectivity index (χ3n) is 4.47. The Kier molecular flexibility index (Phi) is 9.32. The molecule has 128 valence electrons. The lowest BCUT2D eigenvalue weighted by molar-refractivity contribution is 0.113. The van der Waals surface area contributed by atoms with E-state index >= 15 is 0 Å². The molecule has 22 heavy (non-hydrogen) atoms. The number of hydrogen-bond donors (Lipinski definition) is 1. The molecule has 0 spiro atoms. The molecule has 4 nitrogen and oxygen atoms in total. The molecule has 0 saturated carbocycles. The molecule has 0 amide bonds. The fourth-order valence-corrected chi connectivity index (χ4v) is 3.18. The molecule has 1 aliphatic rings. The normalized spacial score (nSPS) is 21.7. The zero-order chi connectivity index (χ0) is 14.7. The lowest BCUT2D eigenvalue weighted by atomic mass is 9.92. The summed E-state index contributed by atoms with van der Waals surface area (Å²) in [6, 6.07) is 0.479. The topological polar surface area (TPSA) is 51.4 Å². The van der Waals surface area contributed by atoms with Crippen LogP contribution in [0.3, 0.4) is 0 Å². The SMILES string of the molecule is COc1c(C)cnc(CN2CCC(C)CC2CN)c1C.Cl.Cl. The van der Waals surface area contributed by atoms with Crippen LogP contribution in [0.5, 0.6) is 5.75 Å². The van der Waals surface area contributed by atoms with Gasteiger partial charge in [-0.2, -0.15) is 0 Å². The number of piperidine rings is 1. The minimum absolute atomic E-state index is 0. The van der Waals surface area contributed by atoms with Gasteiger partial charge in [-0.1, -0.05) is 6.92 Å². The number of aryl methyl sites for hydroxylation is 1. The van der Waals surface area contributed by atoms with Crippen LogP contribution in [0.25, 0.3) is 0 Å². The van der Waals surface area contributed by atoms with Gasteiger partial charge in [-0.05, 0) is 39.2 Å². The van der Waals surface area contributed by atoms with E-state index in [9.17, 15) is 0 Å². The Balaban J connectivity index is 0.00000220. The number of hydrogen-bond acceptors (Lipinski definition) is 4. The molecule has 0 bridgehead atoms. The van der Waals surface area contributed by atoms with E-state index in [4.69, 9.17) is 10.5 Å². The first-order chi connectivity index (χ1) is 9.56. The Morgan fingerprint density at radius 1 is 1.36 bits per heavy atom. The van der Waals surface area contributed by atoms with Crippen LogP contribution in [0.4, 0.5) is 0 Å². The first-order valence-corrected chi connectivity index (χ1v) is 7.50. The van der Waals surface area contributed by atoms with Crippen molar-refractivity contribution in [2.75, 3.05) is 20.2 Å². The van der Waals surface area contributed by atoms with Gasteiger partial charge in [0.25, 0.3) is 0 Å². The van der Waals surface area contributed by atoms with E-state index in [1.54, 1.807) is 7.11 Å². The van der Waals surface area contributed by atoms with E-state index in [2.05, 4.69) is 23.7 Å². The van der Waals surface area contributed by atoms with Crippen molar-refractivity contribution in [2.45, 2.75) is 46.2 Å². The van der Waals surface area contributed by atoms with Crippen molar-refractivity contribution in [1.82, 2.24) is 9.88 Å². The van der Waals surface area contributed by atoms with Crippen LogP contribution in [0.15, 0.2) is 6.20 Å². The molecule has 0 aromatic carbocycles. The number of nitrogens with zero attached hydrogens (tertiary/aromatic N) is 2. The molecular weight excluding hydrogens is 321 g/mol. The lowest BCUT2D eigenvalue weighted by Crippen LogP contribution is -2.45. The molecule has 6 heteroatoms. The molecule has 1 fully saturated rings. The molecule has 2 N–H and O–H groups in total. The average molecular weight is 350 g/mol. The Bertz CT molecular complexity index is 471. The number of halogens is 2. The van der Waals surface area contributed by atoms with Crippen LogP contribution in [-0.2, 0) is 6.54 Å². The van der Waals surface area contributed by atoms with Gasteiger partial charge >= 0.3 is 0 Å². The van der Waals surface area contributed by atoms with Crippen LogP contribution in [0.1, 0.15) is 36.6 Å². The largest absolute Gasteiger partial charge is 0.496 e.